The Labute approximate surface area is 135 Å². The third-order valence-electron chi connectivity index (χ3n) is 4.95. The summed E-state index contributed by atoms with van der Waals surface area (Å²) >= 11 is 0. The first-order valence-electron chi connectivity index (χ1n) is 8.00. The van der Waals surface area contributed by atoms with Crippen molar-refractivity contribution in [1.29, 1.82) is 0 Å². The van der Waals surface area contributed by atoms with Crippen LogP contribution in [0.2, 0.25) is 0 Å². The quantitative estimate of drug-likeness (QED) is 0.889. The molecule has 2 N–H and O–H groups in total. The number of amides is 1. The Bertz CT molecular complexity index is 567. The van der Waals surface area contributed by atoms with Gasteiger partial charge in [0, 0.05) is 19.6 Å². The molecule has 2 heterocycles. The van der Waals surface area contributed by atoms with Crippen LogP contribution in [-0.2, 0) is 16.1 Å². The van der Waals surface area contributed by atoms with E-state index in [4.69, 9.17) is 9.84 Å². The molecule has 0 saturated carbocycles. The number of hydrogen-bond donors (Lipinski definition) is 2. The molecule has 0 bridgehead atoms. The van der Waals surface area contributed by atoms with Crippen molar-refractivity contribution in [1.82, 2.24) is 10.2 Å². The predicted octanol–water partition coefficient (Wildman–Crippen LogP) is 1.85. The molecule has 2 aliphatic rings. The zero-order valence-corrected chi connectivity index (χ0v) is 13.0. The summed E-state index contributed by atoms with van der Waals surface area (Å²) in [4.78, 5) is 24.9. The van der Waals surface area contributed by atoms with Crippen LogP contribution in [0.5, 0.6) is 0 Å². The van der Waals surface area contributed by atoms with Crippen LogP contribution in [0.15, 0.2) is 30.3 Å². The highest BCUT2D eigenvalue weighted by Gasteiger charge is 2.44. The maximum absolute atomic E-state index is 12.1. The lowest BCUT2D eigenvalue weighted by Crippen LogP contribution is -2.44. The van der Waals surface area contributed by atoms with Crippen molar-refractivity contribution in [2.45, 2.75) is 31.9 Å². The Balaban J connectivity index is 1.47. The maximum atomic E-state index is 12.1. The molecule has 23 heavy (non-hydrogen) atoms. The molecular formula is C17H22N2O4. The van der Waals surface area contributed by atoms with E-state index in [2.05, 4.69) is 5.32 Å². The van der Waals surface area contributed by atoms with Gasteiger partial charge in [-0.3, -0.25) is 4.79 Å². The van der Waals surface area contributed by atoms with Gasteiger partial charge in [0.05, 0.1) is 0 Å². The molecule has 6 nitrogen and oxygen atoms in total. The second-order valence-electron chi connectivity index (χ2n) is 6.50. The lowest BCUT2D eigenvalue weighted by atomic mass is 9.76. The van der Waals surface area contributed by atoms with Crippen molar-refractivity contribution in [3.05, 3.63) is 35.9 Å². The van der Waals surface area contributed by atoms with E-state index in [9.17, 15) is 9.59 Å². The van der Waals surface area contributed by atoms with E-state index in [1.54, 1.807) is 4.90 Å². The van der Waals surface area contributed by atoms with Crippen molar-refractivity contribution in [2.75, 3.05) is 19.6 Å². The zero-order chi connectivity index (χ0) is 16.3. The number of carboxylic acids is 1. The highest BCUT2D eigenvalue weighted by atomic mass is 16.6. The zero-order valence-electron chi connectivity index (χ0n) is 13.0. The third-order valence-corrected chi connectivity index (χ3v) is 4.95. The summed E-state index contributed by atoms with van der Waals surface area (Å²) in [5, 5.41) is 12.2. The van der Waals surface area contributed by atoms with Gasteiger partial charge in [-0.2, -0.15) is 0 Å². The number of hydrogen-bond acceptors (Lipinski definition) is 4. The SMILES string of the molecule is O=C(O)[C@@H]1CC2(CCN(C(=O)OCc3ccccc3)CC2)CN1. The number of aliphatic carboxylic acids is 1. The molecule has 1 atom stereocenters. The minimum atomic E-state index is -0.786. The van der Waals surface area contributed by atoms with Gasteiger partial charge < -0.3 is 20.1 Å². The molecule has 1 amide bonds. The maximum Gasteiger partial charge on any atom is 0.410 e. The summed E-state index contributed by atoms with van der Waals surface area (Å²) in [7, 11) is 0. The lowest BCUT2D eigenvalue weighted by Gasteiger charge is -2.38. The molecule has 6 heteroatoms. The molecule has 0 aliphatic carbocycles. The van der Waals surface area contributed by atoms with E-state index >= 15 is 0 Å². The fourth-order valence-corrected chi connectivity index (χ4v) is 3.45. The number of carbonyl (C=O) groups excluding carboxylic acids is 1. The van der Waals surface area contributed by atoms with Gasteiger partial charge in [-0.25, -0.2) is 4.79 Å². The molecule has 2 saturated heterocycles. The average molecular weight is 318 g/mol. The van der Waals surface area contributed by atoms with Crippen LogP contribution in [0.25, 0.3) is 0 Å². The number of nitrogens with one attached hydrogen (secondary N) is 1. The van der Waals surface area contributed by atoms with Crippen molar-refractivity contribution in [3.8, 4) is 0 Å². The van der Waals surface area contributed by atoms with Gasteiger partial charge in [-0.1, -0.05) is 30.3 Å². The van der Waals surface area contributed by atoms with E-state index in [-0.39, 0.29) is 18.1 Å². The van der Waals surface area contributed by atoms with Crippen LogP contribution in [-0.4, -0.2) is 47.7 Å². The van der Waals surface area contributed by atoms with E-state index in [0.717, 1.165) is 24.9 Å². The molecule has 0 radical (unpaired) electrons. The number of nitrogens with zero attached hydrogens (tertiary/aromatic N) is 1. The molecule has 1 aromatic carbocycles. The van der Waals surface area contributed by atoms with Crippen molar-refractivity contribution < 1.29 is 19.4 Å². The van der Waals surface area contributed by atoms with Gasteiger partial charge in [-0.05, 0) is 30.2 Å². The van der Waals surface area contributed by atoms with E-state index in [1.807, 2.05) is 30.3 Å². The summed E-state index contributed by atoms with van der Waals surface area (Å²) in [6, 6.07) is 9.16. The first-order valence-corrected chi connectivity index (χ1v) is 8.00. The van der Waals surface area contributed by atoms with Crippen LogP contribution in [0.1, 0.15) is 24.8 Å². The average Bonchev–Trinajstić information content (AvgIpc) is 2.98. The van der Waals surface area contributed by atoms with E-state index < -0.39 is 12.0 Å². The van der Waals surface area contributed by atoms with Crippen LogP contribution in [0, 0.1) is 5.41 Å². The fourth-order valence-electron chi connectivity index (χ4n) is 3.45. The molecule has 0 unspecified atom stereocenters. The van der Waals surface area contributed by atoms with Gasteiger partial charge in [0.2, 0.25) is 0 Å². The smallest absolute Gasteiger partial charge is 0.410 e. The van der Waals surface area contributed by atoms with Gasteiger partial charge in [-0.15, -0.1) is 0 Å². The Morgan fingerprint density at radius 3 is 2.57 bits per heavy atom. The van der Waals surface area contributed by atoms with Crippen molar-refractivity contribution in [3.63, 3.8) is 0 Å². The second kappa shape index (κ2) is 6.58. The minimum absolute atomic E-state index is 0.0132. The number of carboxylic acid groups (broad SMARTS) is 1. The largest absolute Gasteiger partial charge is 0.480 e. The molecule has 1 spiro atoms. The normalized spacial score (nSPS) is 23.0. The number of piperidine rings is 1. The number of likely N-dealkylation sites (tertiary alicyclic amines) is 1. The van der Waals surface area contributed by atoms with Crippen LogP contribution < -0.4 is 5.32 Å². The first-order chi connectivity index (χ1) is 11.1. The predicted molar refractivity (Wildman–Crippen MR) is 83.9 cm³/mol. The standard InChI is InChI=1S/C17H22N2O4/c20-15(21)14-10-17(12-18-14)6-8-19(9-7-17)16(22)23-11-13-4-2-1-3-5-13/h1-5,14,18H,6-12H2,(H,20,21)/t14-/m0/s1. The highest BCUT2D eigenvalue weighted by molar-refractivity contribution is 5.74. The number of benzene rings is 1. The molecule has 124 valence electrons. The summed E-state index contributed by atoms with van der Waals surface area (Å²) in [5.74, 6) is -0.786. The molecule has 2 aliphatic heterocycles. The Kier molecular flexibility index (Phi) is 4.52. The summed E-state index contributed by atoms with van der Waals surface area (Å²) in [6.45, 7) is 2.25. The third kappa shape index (κ3) is 3.64. The molecule has 0 aromatic heterocycles. The topological polar surface area (TPSA) is 78.9 Å². The lowest BCUT2D eigenvalue weighted by molar-refractivity contribution is -0.139. The Morgan fingerprint density at radius 1 is 1.26 bits per heavy atom. The van der Waals surface area contributed by atoms with Crippen LogP contribution >= 0.6 is 0 Å². The van der Waals surface area contributed by atoms with Crippen molar-refractivity contribution in [2.24, 2.45) is 5.41 Å². The van der Waals surface area contributed by atoms with Crippen molar-refractivity contribution >= 4 is 12.1 Å². The van der Waals surface area contributed by atoms with Gasteiger partial charge >= 0.3 is 12.1 Å². The number of ether oxygens (including phenoxy) is 1. The summed E-state index contributed by atoms with van der Waals surface area (Å²) in [5.41, 5.74) is 0.984. The van der Waals surface area contributed by atoms with Gasteiger partial charge in [0.1, 0.15) is 12.6 Å². The monoisotopic (exact) mass is 318 g/mol. The van der Waals surface area contributed by atoms with Gasteiger partial charge in [0.15, 0.2) is 0 Å². The first kappa shape index (κ1) is 15.8. The Morgan fingerprint density at radius 2 is 1.96 bits per heavy atom. The number of rotatable bonds is 3. The number of carbonyl (C=O) groups is 2. The summed E-state index contributed by atoms with van der Waals surface area (Å²) < 4.78 is 5.36. The van der Waals surface area contributed by atoms with Crippen LogP contribution in [0.4, 0.5) is 4.79 Å². The van der Waals surface area contributed by atoms with E-state index in [1.165, 1.54) is 0 Å². The highest BCUT2D eigenvalue weighted by Crippen LogP contribution is 2.39. The van der Waals surface area contributed by atoms with Crippen LogP contribution in [0.3, 0.4) is 0 Å². The Hall–Kier alpha value is -2.08. The fraction of sp³-hybridized carbons (Fsp3) is 0.529. The van der Waals surface area contributed by atoms with E-state index in [0.29, 0.717) is 19.5 Å². The molecule has 1 aromatic rings. The molecular weight excluding hydrogens is 296 g/mol. The molecule has 3 rings (SSSR count). The summed E-state index contributed by atoms with van der Waals surface area (Å²) in [6.07, 6.45) is 2.01. The minimum Gasteiger partial charge on any atom is -0.480 e. The van der Waals surface area contributed by atoms with Gasteiger partial charge in [0.25, 0.3) is 0 Å². The molecule has 2 fully saturated rings. The second-order valence-corrected chi connectivity index (χ2v) is 6.50.